The Kier molecular flexibility index (Phi) is 10.5. The molecule has 0 saturated heterocycles. The summed E-state index contributed by atoms with van der Waals surface area (Å²) in [7, 11) is -8.30. The van der Waals surface area contributed by atoms with Crippen molar-refractivity contribution in [3.8, 4) is 0 Å². The lowest BCUT2D eigenvalue weighted by molar-refractivity contribution is -0.141. The van der Waals surface area contributed by atoms with Crippen molar-refractivity contribution in [2.24, 2.45) is 0 Å². The molecule has 11 heteroatoms. The van der Waals surface area contributed by atoms with Crippen molar-refractivity contribution in [2.45, 2.75) is 77.8 Å². The van der Waals surface area contributed by atoms with Gasteiger partial charge in [0.1, 0.15) is 13.0 Å². The quantitative estimate of drug-likeness (QED) is 0.241. The van der Waals surface area contributed by atoms with E-state index in [-0.39, 0.29) is 6.61 Å². The van der Waals surface area contributed by atoms with E-state index in [1.54, 1.807) is 0 Å². The van der Waals surface area contributed by atoms with E-state index in [0.717, 1.165) is 6.04 Å². The van der Waals surface area contributed by atoms with Gasteiger partial charge in [0.05, 0.1) is 0 Å². The molecular formula is C16H38O7Si4. The lowest BCUT2D eigenvalue weighted by atomic mass is 10.3. The highest BCUT2D eigenvalue weighted by Gasteiger charge is 2.44. The minimum Gasteiger partial charge on any atom is -0.481 e. The van der Waals surface area contributed by atoms with E-state index in [2.05, 4.69) is 58.9 Å². The molecule has 0 aromatic carbocycles. The Hall–Kier alpha value is -0.152. The third-order valence-electron chi connectivity index (χ3n) is 3.07. The number of ether oxygens (including phenoxy) is 1. The van der Waals surface area contributed by atoms with Crippen LogP contribution in [0.3, 0.4) is 0 Å². The Labute approximate surface area is 168 Å². The van der Waals surface area contributed by atoms with Gasteiger partial charge >= 0.3 is 23.1 Å². The first-order valence-electron chi connectivity index (χ1n) is 9.35. The minimum atomic E-state index is -2.46. The molecule has 0 aromatic heterocycles. The van der Waals surface area contributed by atoms with Crippen molar-refractivity contribution < 1.29 is 31.8 Å². The maximum atomic E-state index is 11.4. The fourth-order valence-electron chi connectivity index (χ4n) is 2.95. The van der Waals surface area contributed by atoms with Crippen molar-refractivity contribution in [3.05, 3.63) is 0 Å². The van der Waals surface area contributed by atoms with E-state index < -0.39 is 51.9 Å². The molecule has 0 aliphatic carbocycles. The fraction of sp³-hybridized carbons (Fsp3) is 0.875. The highest BCUT2D eigenvalue weighted by molar-refractivity contribution is 6.89. The molecule has 0 aliphatic rings. The van der Waals surface area contributed by atoms with E-state index in [1.807, 2.05) is 0 Å². The summed E-state index contributed by atoms with van der Waals surface area (Å²) in [6.45, 7) is 19.4. The minimum absolute atomic E-state index is 0.167. The van der Waals surface area contributed by atoms with Crippen LogP contribution in [0.2, 0.25) is 65.0 Å². The van der Waals surface area contributed by atoms with Crippen LogP contribution in [0.1, 0.15) is 12.8 Å². The second-order valence-corrected chi connectivity index (χ2v) is 25.8. The van der Waals surface area contributed by atoms with Crippen LogP contribution in [-0.4, -0.2) is 63.8 Å². The SMILES string of the molecule is C[Si](C)(C)O[Si](C)(C)O[Si](C)(CCCOCC(=O)CC(=O)O)O[Si](C)(C)C. The van der Waals surface area contributed by atoms with Gasteiger partial charge in [-0.25, -0.2) is 0 Å². The summed E-state index contributed by atoms with van der Waals surface area (Å²) in [5, 5.41) is 8.58. The van der Waals surface area contributed by atoms with Gasteiger partial charge in [0.15, 0.2) is 22.4 Å². The average molecular weight is 455 g/mol. The number of carbonyl (C=O) groups excluding carboxylic acids is 1. The molecule has 1 N–H and O–H groups in total. The normalized spacial score (nSPS) is 15.4. The Bertz CT molecular complexity index is 500. The summed E-state index contributed by atoms with van der Waals surface area (Å²) in [6, 6.07) is 0.746. The molecular weight excluding hydrogens is 417 g/mol. The molecule has 1 atom stereocenters. The molecule has 0 aliphatic heterocycles. The monoisotopic (exact) mass is 454 g/mol. The van der Waals surface area contributed by atoms with Gasteiger partial charge in [-0.2, -0.15) is 0 Å². The predicted octanol–water partition coefficient (Wildman–Crippen LogP) is 3.93. The number of rotatable bonds is 14. The molecule has 160 valence electrons. The van der Waals surface area contributed by atoms with Crippen LogP contribution in [0.25, 0.3) is 0 Å². The van der Waals surface area contributed by atoms with Gasteiger partial charge in [0.25, 0.3) is 0 Å². The number of hydrogen-bond acceptors (Lipinski definition) is 6. The van der Waals surface area contributed by atoms with Crippen LogP contribution in [0, 0.1) is 0 Å². The van der Waals surface area contributed by atoms with Gasteiger partial charge in [-0.15, -0.1) is 0 Å². The number of carbonyl (C=O) groups is 2. The average Bonchev–Trinajstić information content (AvgIpc) is 2.30. The van der Waals surface area contributed by atoms with Crippen molar-refractivity contribution in [1.29, 1.82) is 0 Å². The van der Waals surface area contributed by atoms with Crippen molar-refractivity contribution in [3.63, 3.8) is 0 Å². The number of carboxylic acids is 1. The summed E-state index contributed by atoms with van der Waals surface area (Å²) in [5.41, 5.74) is 0. The molecule has 0 bridgehead atoms. The second kappa shape index (κ2) is 10.6. The van der Waals surface area contributed by atoms with Gasteiger partial charge in [-0.05, 0) is 71.4 Å². The van der Waals surface area contributed by atoms with Crippen LogP contribution in [0.15, 0.2) is 0 Å². The van der Waals surface area contributed by atoms with E-state index >= 15 is 0 Å². The lowest BCUT2D eigenvalue weighted by Gasteiger charge is -2.41. The van der Waals surface area contributed by atoms with E-state index in [1.165, 1.54) is 0 Å². The second-order valence-electron chi connectivity index (χ2n) is 9.33. The molecule has 7 nitrogen and oxygen atoms in total. The predicted molar refractivity (Wildman–Crippen MR) is 117 cm³/mol. The molecule has 0 rings (SSSR count). The van der Waals surface area contributed by atoms with Crippen LogP contribution in [0.4, 0.5) is 0 Å². The zero-order valence-corrected chi connectivity index (χ0v) is 22.4. The molecule has 27 heavy (non-hydrogen) atoms. The zero-order chi connectivity index (χ0) is 21.5. The van der Waals surface area contributed by atoms with Gasteiger partial charge in [0.2, 0.25) is 0 Å². The number of aliphatic carboxylic acids is 1. The largest absolute Gasteiger partial charge is 0.481 e. The van der Waals surface area contributed by atoms with Gasteiger partial charge in [-0.3, -0.25) is 9.59 Å². The topological polar surface area (TPSA) is 91.3 Å². The first-order valence-corrected chi connectivity index (χ1v) is 21.5. The molecule has 0 aromatic rings. The highest BCUT2D eigenvalue weighted by atomic mass is 28.5. The highest BCUT2D eigenvalue weighted by Crippen LogP contribution is 2.27. The molecule has 0 radical (unpaired) electrons. The van der Waals surface area contributed by atoms with Gasteiger partial charge in [-0.1, -0.05) is 0 Å². The molecule has 0 saturated carbocycles. The molecule has 0 heterocycles. The molecule has 0 fully saturated rings. The summed E-state index contributed by atoms with van der Waals surface area (Å²) < 4.78 is 24.7. The van der Waals surface area contributed by atoms with E-state index in [9.17, 15) is 9.59 Å². The maximum absolute atomic E-state index is 11.4. The Balaban J connectivity index is 4.76. The van der Waals surface area contributed by atoms with Crippen LogP contribution >= 0.6 is 0 Å². The number of Topliss-reactive ketones (excluding diaryl/α,β-unsaturated/α-hetero) is 1. The van der Waals surface area contributed by atoms with E-state index in [4.69, 9.17) is 22.2 Å². The Morgan fingerprint density at radius 2 is 1.33 bits per heavy atom. The third kappa shape index (κ3) is 15.4. The standard InChI is InChI=1S/C16H38O7Si4/c1-24(2,3)21-26(7,8)23-27(9,22-25(4,5)6)12-10-11-20-14-15(17)13-16(18)19/h10-14H2,1-9H3,(H,18,19). The first kappa shape index (κ1) is 26.8. The molecule has 0 amide bonds. The lowest BCUT2D eigenvalue weighted by Crippen LogP contribution is -2.56. The first-order chi connectivity index (χ1) is 11.9. The van der Waals surface area contributed by atoms with Crippen LogP contribution < -0.4 is 0 Å². The maximum Gasteiger partial charge on any atom is 0.315 e. The van der Waals surface area contributed by atoms with E-state index in [0.29, 0.717) is 13.0 Å². The Morgan fingerprint density at radius 3 is 1.78 bits per heavy atom. The summed E-state index contributed by atoms with van der Waals surface area (Å²) in [6.07, 6.45) is 0.202. The Morgan fingerprint density at radius 1 is 0.815 bits per heavy atom. The smallest absolute Gasteiger partial charge is 0.315 e. The molecule has 0 spiro atoms. The van der Waals surface area contributed by atoms with Crippen molar-refractivity contribution >= 4 is 45.5 Å². The zero-order valence-electron chi connectivity index (χ0n) is 18.4. The third-order valence-corrected chi connectivity index (χ3v) is 16.6. The van der Waals surface area contributed by atoms with Crippen molar-refractivity contribution in [2.75, 3.05) is 13.2 Å². The van der Waals surface area contributed by atoms with Gasteiger partial charge in [0, 0.05) is 6.61 Å². The number of ketones is 1. The van der Waals surface area contributed by atoms with Crippen molar-refractivity contribution in [1.82, 2.24) is 0 Å². The summed E-state index contributed by atoms with van der Waals surface area (Å²) in [4.78, 5) is 21.9. The van der Waals surface area contributed by atoms with Crippen LogP contribution in [0.5, 0.6) is 0 Å². The molecule has 1 unspecified atom stereocenters. The number of hydrogen-bond donors (Lipinski definition) is 1. The summed E-state index contributed by atoms with van der Waals surface area (Å²) >= 11 is 0. The van der Waals surface area contributed by atoms with Gasteiger partial charge < -0.3 is 22.2 Å². The van der Waals surface area contributed by atoms with Crippen LogP contribution in [-0.2, 0) is 26.7 Å². The number of carboxylic acid groups (broad SMARTS) is 1. The fourth-order valence-corrected chi connectivity index (χ4v) is 20.9. The summed E-state index contributed by atoms with van der Waals surface area (Å²) in [5.74, 6) is -1.55.